The zero-order chi connectivity index (χ0) is 17.8. The smallest absolute Gasteiger partial charge is 0.321 e. The van der Waals surface area contributed by atoms with Crippen LogP contribution in [-0.2, 0) is 10.5 Å². The van der Waals surface area contributed by atoms with Crippen LogP contribution in [-0.4, -0.2) is 40.2 Å². The molecule has 3 amide bonds. The van der Waals surface area contributed by atoms with Crippen LogP contribution in [0.5, 0.6) is 0 Å². The molecule has 2 bridgehead atoms. The Hall–Kier alpha value is -1.22. The predicted molar refractivity (Wildman–Crippen MR) is 97.3 cm³/mol. The first-order valence-corrected chi connectivity index (χ1v) is 11.0. The molecule has 1 heterocycles. The molecule has 9 heteroatoms. The summed E-state index contributed by atoms with van der Waals surface area (Å²) in [6, 6.07) is -0.324. The molecule has 2 aliphatic rings. The largest absolute Gasteiger partial charge is 0.415 e. The van der Waals surface area contributed by atoms with Gasteiger partial charge in [-0.2, -0.15) is 11.8 Å². The molecule has 4 atom stereocenters. The van der Waals surface area contributed by atoms with Gasteiger partial charge >= 0.3 is 6.03 Å². The maximum absolute atomic E-state index is 12.0. The molecule has 0 radical (unpaired) electrons. The van der Waals surface area contributed by atoms with Gasteiger partial charge in [-0.15, -0.1) is 10.2 Å². The van der Waals surface area contributed by atoms with Crippen LogP contribution in [0.2, 0.25) is 0 Å². The molecular formula is C16H24N4O3S2. The van der Waals surface area contributed by atoms with Gasteiger partial charge in [-0.1, -0.05) is 18.2 Å². The summed E-state index contributed by atoms with van der Waals surface area (Å²) in [6.45, 7) is 2.04. The predicted octanol–water partition coefficient (Wildman–Crippen LogP) is 2.68. The molecular weight excluding hydrogens is 360 g/mol. The second-order valence-electron chi connectivity index (χ2n) is 6.83. The van der Waals surface area contributed by atoms with Gasteiger partial charge in [-0.3, -0.25) is 10.1 Å². The molecule has 0 saturated heterocycles. The van der Waals surface area contributed by atoms with E-state index >= 15 is 0 Å². The number of urea groups is 1. The normalized spacial score (nSPS) is 25.8. The van der Waals surface area contributed by atoms with Crippen LogP contribution in [0.25, 0.3) is 0 Å². The molecule has 1 aromatic rings. The van der Waals surface area contributed by atoms with Gasteiger partial charge in [0.25, 0.3) is 5.22 Å². The van der Waals surface area contributed by atoms with Crippen LogP contribution in [0.3, 0.4) is 0 Å². The highest BCUT2D eigenvalue weighted by molar-refractivity contribution is 7.99. The molecule has 2 N–H and O–H groups in total. The molecule has 138 valence electrons. The van der Waals surface area contributed by atoms with Gasteiger partial charge in [0.1, 0.15) is 0 Å². The minimum atomic E-state index is -0.422. The van der Waals surface area contributed by atoms with E-state index in [1.807, 2.05) is 13.2 Å². The van der Waals surface area contributed by atoms with Gasteiger partial charge in [0.05, 0.1) is 11.5 Å². The Labute approximate surface area is 155 Å². The fraction of sp³-hybridized carbons (Fsp3) is 0.750. The monoisotopic (exact) mass is 384 g/mol. The highest BCUT2D eigenvalue weighted by atomic mass is 32.2. The van der Waals surface area contributed by atoms with E-state index in [9.17, 15) is 9.59 Å². The Kier molecular flexibility index (Phi) is 6.27. The average Bonchev–Trinajstić information content (AvgIpc) is 3.29. The van der Waals surface area contributed by atoms with Gasteiger partial charge in [-0.05, 0) is 50.2 Å². The van der Waals surface area contributed by atoms with Crippen molar-refractivity contribution in [2.45, 2.75) is 49.6 Å². The molecule has 25 heavy (non-hydrogen) atoms. The number of rotatable bonds is 7. The van der Waals surface area contributed by atoms with Crippen LogP contribution >= 0.6 is 23.5 Å². The Balaban J connectivity index is 1.37. The highest BCUT2D eigenvalue weighted by Gasteiger charge is 2.42. The molecule has 0 aromatic carbocycles. The molecule has 4 unspecified atom stereocenters. The number of imide groups is 1. The third-order valence-electron chi connectivity index (χ3n) is 5.09. The number of fused-ring (bicyclic) bond motifs is 2. The fourth-order valence-corrected chi connectivity index (χ4v) is 4.97. The van der Waals surface area contributed by atoms with Crippen molar-refractivity contribution in [1.29, 1.82) is 0 Å². The number of amides is 3. The van der Waals surface area contributed by atoms with Gasteiger partial charge in [0.2, 0.25) is 11.8 Å². The van der Waals surface area contributed by atoms with Gasteiger partial charge in [-0.25, -0.2) is 4.79 Å². The molecule has 1 aromatic heterocycles. The van der Waals surface area contributed by atoms with Crippen LogP contribution in [0, 0.1) is 17.8 Å². The van der Waals surface area contributed by atoms with E-state index in [4.69, 9.17) is 4.42 Å². The zero-order valence-electron chi connectivity index (χ0n) is 14.5. The van der Waals surface area contributed by atoms with Crippen molar-refractivity contribution in [1.82, 2.24) is 20.8 Å². The molecule has 2 aliphatic carbocycles. The van der Waals surface area contributed by atoms with Crippen molar-refractivity contribution >= 4 is 35.5 Å². The quantitative estimate of drug-likeness (QED) is 0.698. The van der Waals surface area contributed by atoms with Crippen LogP contribution < -0.4 is 10.6 Å². The van der Waals surface area contributed by atoms with Crippen molar-refractivity contribution < 1.29 is 14.0 Å². The first-order chi connectivity index (χ1) is 12.0. The first kappa shape index (κ1) is 18.6. The number of carbonyl (C=O) groups excluding carboxylic acids is 2. The van der Waals surface area contributed by atoms with Gasteiger partial charge in [0, 0.05) is 6.04 Å². The van der Waals surface area contributed by atoms with E-state index in [1.165, 1.54) is 25.7 Å². The number of carbonyl (C=O) groups is 2. The summed E-state index contributed by atoms with van der Waals surface area (Å²) in [5, 5.41) is 13.4. The van der Waals surface area contributed by atoms with Crippen molar-refractivity contribution in [3.63, 3.8) is 0 Å². The topological polar surface area (TPSA) is 97.1 Å². The minimum absolute atomic E-state index is 0.0663. The second kappa shape index (κ2) is 8.44. The number of nitrogens with zero attached hydrogens (tertiary/aromatic N) is 2. The zero-order valence-corrected chi connectivity index (χ0v) is 16.1. The van der Waals surface area contributed by atoms with Crippen molar-refractivity contribution in [2.24, 2.45) is 17.8 Å². The molecule has 3 rings (SSSR count). The lowest BCUT2D eigenvalue weighted by atomic mass is 9.84. The SMILES string of the molecule is CSCc1nnc(SCC(=O)NC(=O)NC(C)C2CC3CCC2C3)o1. The number of thioether (sulfide) groups is 2. The van der Waals surface area contributed by atoms with E-state index in [0.717, 1.165) is 23.6 Å². The van der Waals surface area contributed by atoms with Gasteiger partial charge < -0.3 is 9.73 Å². The lowest BCUT2D eigenvalue weighted by Gasteiger charge is -2.28. The van der Waals surface area contributed by atoms with E-state index in [1.54, 1.807) is 11.8 Å². The molecule has 0 spiro atoms. The minimum Gasteiger partial charge on any atom is -0.415 e. The maximum Gasteiger partial charge on any atom is 0.321 e. The Morgan fingerprint density at radius 2 is 2.16 bits per heavy atom. The summed E-state index contributed by atoms with van der Waals surface area (Å²) in [5.74, 6) is 2.99. The molecule has 2 fully saturated rings. The summed E-state index contributed by atoms with van der Waals surface area (Å²) >= 11 is 2.71. The van der Waals surface area contributed by atoms with Crippen LogP contribution in [0.15, 0.2) is 9.64 Å². The highest BCUT2D eigenvalue weighted by Crippen LogP contribution is 2.49. The summed E-state index contributed by atoms with van der Waals surface area (Å²) in [4.78, 5) is 23.9. The van der Waals surface area contributed by atoms with E-state index in [-0.39, 0.29) is 17.7 Å². The summed E-state index contributed by atoms with van der Waals surface area (Å²) < 4.78 is 5.38. The van der Waals surface area contributed by atoms with E-state index in [0.29, 0.717) is 22.8 Å². The lowest BCUT2D eigenvalue weighted by Crippen LogP contribution is -2.47. The van der Waals surface area contributed by atoms with E-state index in [2.05, 4.69) is 20.8 Å². The summed E-state index contributed by atoms with van der Waals surface area (Å²) in [5.41, 5.74) is 0. The number of aromatic nitrogens is 2. The summed E-state index contributed by atoms with van der Waals surface area (Å²) in [6.07, 6.45) is 7.06. The van der Waals surface area contributed by atoms with Crippen LogP contribution in [0.4, 0.5) is 4.79 Å². The van der Waals surface area contributed by atoms with Crippen molar-refractivity contribution in [2.75, 3.05) is 12.0 Å². The van der Waals surface area contributed by atoms with Crippen LogP contribution in [0.1, 0.15) is 38.5 Å². The Morgan fingerprint density at radius 1 is 1.32 bits per heavy atom. The molecule has 2 saturated carbocycles. The average molecular weight is 385 g/mol. The third-order valence-corrected chi connectivity index (χ3v) is 6.44. The Morgan fingerprint density at radius 3 is 2.84 bits per heavy atom. The first-order valence-electron chi connectivity index (χ1n) is 8.59. The van der Waals surface area contributed by atoms with Crippen molar-refractivity contribution in [3.05, 3.63) is 5.89 Å². The second-order valence-corrected chi connectivity index (χ2v) is 8.63. The van der Waals surface area contributed by atoms with E-state index < -0.39 is 6.03 Å². The fourth-order valence-electron chi connectivity index (χ4n) is 4.02. The molecule has 0 aliphatic heterocycles. The molecule has 7 nitrogen and oxygen atoms in total. The summed E-state index contributed by atoms with van der Waals surface area (Å²) in [7, 11) is 0. The van der Waals surface area contributed by atoms with Gasteiger partial charge in [0.15, 0.2) is 0 Å². The standard InChI is InChI=1S/C16H24N4O3S2/c1-9(12-6-10-3-4-11(12)5-10)17-15(22)18-13(21)7-25-16-20-19-14(23-16)8-24-2/h9-12H,3-8H2,1-2H3,(H2,17,18,21,22). The Bertz CT molecular complexity index is 624. The third kappa shape index (κ3) is 4.91. The number of hydrogen-bond acceptors (Lipinski definition) is 7. The lowest BCUT2D eigenvalue weighted by molar-refractivity contribution is -0.117. The maximum atomic E-state index is 12.0. The van der Waals surface area contributed by atoms with Crippen molar-refractivity contribution in [3.8, 4) is 0 Å². The number of hydrogen-bond donors (Lipinski definition) is 2. The number of nitrogens with one attached hydrogen (secondary N) is 2.